The van der Waals surface area contributed by atoms with Gasteiger partial charge in [-0.25, -0.2) is 9.59 Å². The van der Waals surface area contributed by atoms with E-state index < -0.39 is 11.9 Å². The van der Waals surface area contributed by atoms with Crippen LogP contribution >= 0.6 is 0 Å². The lowest BCUT2D eigenvalue weighted by atomic mass is 10.2. The Labute approximate surface area is 101 Å². The van der Waals surface area contributed by atoms with Gasteiger partial charge in [0.1, 0.15) is 0 Å². The van der Waals surface area contributed by atoms with Gasteiger partial charge in [-0.3, -0.25) is 0 Å². The minimum atomic E-state index is -1.82. The SMILES string of the molecule is C1CN[C@H](CN2CCCC2)C1.O=C(O)C(=O)O. The van der Waals surface area contributed by atoms with E-state index in [2.05, 4.69) is 10.2 Å². The molecular weight excluding hydrogens is 224 g/mol. The average molecular weight is 244 g/mol. The molecule has 0 aliphatic carbocycles. The quantitative estimate of drug-likeness (QED) is 0.592. The Morgan fingerprint density at radius 2 is 1.71 bits per heavy atom. The molecule has 17 heavy (non-hydrogen) atoms. The van der Waals surface area contributed by atoms with E-state index in [1.807, 2.05) is 0 Å². The third-order valence-corrected chi connectivity index (χ3v) is 3.02. The second kappa shape index (κ2) is 7.24. The molecule has 3 N–H and O–H groups in total. The third kappa shape index (κ3) is 5.65. The number of hydrogen-bond donors (Lipinski definition) is 3. The lowest BCUT2D eigenvalue weighted by Crippen LogP contribution is -2.35. The summed E-state index contributed by atoms with van der Waals surface area (Å²) < 4.78 is 0. The number of carbonyl (C=O) groups is 2. The molecule has 2 fully saturated rings. The van der Waals surface area contributed by atoms with Crippen LogP contribution in [0.25, 0.3) is 0 Å². The van der Waals surface area contributed by atoms with E-state index in [0.29, 0.717) is 0 Å². The number of rotatable bonds is 2. The van der Waals surface area contributed by atoms with Gasteiger partial charge in [0, 0.05) is 12.6 Å². The summed E-state index contributed by atoms with van der Waals surface area (Å²) >= 11 is 0. The van der Waals surface area contributed by atoms with Crippen molar-refractivity contribution in [2.75, 3.05) is 26.2 Å². The third-order valence-electron chi connectivity index (χ3n) is 3.02. The molecule has 0 spiro atoms. The van der Waals surface area contributed by atoms with Crippen molar-refractivity contribution in [2.45, 2.75) is 31.7 Å². The van der Waals surface area contributed by atoms with Gasteiger partial charge in [-0.2, -0.15) is 0 Å². The number of hydrogen-bond acceptors (Lipinski definition) is 4. The van der Waals surface area contributed by atoms with Crippen molar-refractivity contribution in [3.8, 4) is 0 Å². The summed E-state index contributed by atoms with van der Waals surface area (Å²) in [7, 11) is 0. The van der Waals surface area contributed by atoms with Gasteiger partial charge >= 0.3 is 11.9 Å². The average Bonchev–Trinajstić information content (AvgIpc) is 2.92. The Morgan fingerprint density at radius 3 is 2.12 bits per heavy atom. The van der Waals surface area contributed by atoms with E-state index in [1.165, 1.54) is 51.9 Å². The molecule has 1 atom stereocenters. The molecule has 6 heteroatoms. The molecule has 2 aliphatic rings. The highest BCUT2D eigenvalue weighted by Crippen LogP contribution is 2.11. The normalized spacial score (nSPS) is 24.1. The Morgan fingerprint density at radius 1 is 1.12 bits per heavy atom. The first-order chi connectivity index (χ1) is 8.09. The van der Waals surface area contributed by atoms with Gasteiger partial charge in [-0.05, 0) is 45.3 Å². The highest BCUT2D eigenvalue weighted by molar-refractivity contribution is 6.27. The number of likely N-dealkylation sites (tertiary alicyclic amines) is 1. The van der Waals surface area contributed by atoms with Crippen LogP contribution in [0.5, 0.6) is 0 Å². The summed E-state index contributed by atoms with van der Waals surface area (Å²) in [5, 5.41) is 18.3. The molecule has 2 saturated heterocycles. The van der Waals surface area contributed by atoms with E-state index in [4.69, 9.17) is 19.8 Å². The first kappa shape index (κ1) is 13.9. The first-order valence-electron chi connectivity index (χ1n) is 6.01. The van der Waals surface area contributed by atoms with E-state index >= 15 is 0 Å². The molecule has 98 valence electrons. The number of nitrogens with zero attached hydrogens (tertiary/aromatic N) is 1. The van der Waals surface area contributed by atoms with E-state index in [-0.39, 0.29) is 0 Å². The van der Waals surface area contributed by atoms with Crippen molar-refractivity contribution in [3.63, 3.8) is 0 Å². The summed E-state index contributed by atoms with van der Waals surface area (Å²) in [6, 6.07) is 0.813. The van der Waals surface area contributed by atoms with Crippen LogP contribution in [0.4, 0.5) is 0 Å². The maximum atomic E-state index is 9.10. The zero-order chi connectivity index (χ0) is 12.7. The molecule has 0 aromatic carbocycles. The highest BCUT2D eigenvalue weighted by atomic mass is 16.4. The summed E-state index contributed by atoms with van der Waals surface area (Å²) in [6.45, 7) is 5.24. The van der Waals surface area contributed by atoms with E-state index in [1.54, 1.807) is 0 Å². The predicted octanol–water partition coefficient (Wildman–Crippen LogP) is -0.0102. The number of aliphatic carboxylic acids is 2. The standard InChI is InChI=1S/C9H18N2.C2H2O4/c1-2-7-11(6-1)8-9-4-3-5-10-9;3-1(4)2(5)6/h9-10H,1-8H2;(H,3,4)(H,5,6)/t9-;/m0./s1. The Bertz CT molecular complexity index is 232. The van der Waals surface area contributed by atoms with E-state index in [0.717, 1.165) is 6.04 Å². The van der Waals surface area contributed by atoms with Gasteiger partial charge in [0.25, 0.3) is 0 Å². The van der Waals surface area contributed by atoms with Crippen LogP contribution in [0.15, 0.2) is 0 Å². The molecule has 6 nitrogen and oxygen atoms in total. The fourth-order valence-corrected chi connectivity index (χ4v) is 2.19. The minimum Gasteiger partial charge on any atom is -0.473 e. The van der Waals surface area contributed by atoms with Gasteiger partial charge in [-0.1, -0.05) is 0 Å². The minimum absolute atomic E-state index is 0.813. The van der Waals surface area contributed by atoms with Gasteiger partial charge < -0.3 is 20.4 Å². The molecule has 2 heterocycles. The van der Waals surface area contributed by atoms with Crippen molar-refractivity contribution in [1.82, 2.24) is 10.2 Å². The lowest BCUT2D eigenvalue weighted by molar-refractivity contribution is -0.159. The van der Waals surface area contributed by atoms with Crippen LogP contribution in [-0.4, -0.2) is 59.3 Å². The maximum Gasteiger partial charge on any atom is 0.414 e. The number of nitrogens with one attached hydrogen (secondary N) is 1. The molecule has 2 rings (SSSR count). The van der Waals surface area contributed by atoms with Crippen LogP contribution < -0.4 is 5.32 Å². The van der Waals surface area contributed by atoms with Gasteiger partial charge in [0.05, 0.1) is 0 Å². The maximum absolute atomic E-state index is 9.10. The zero-order valence-electron chi connectivity index (χ0n) is 9.89. The molecule has 0 radical (unpaired) electrons. The second-order valence-electron chi connectivity index (χ2n) is 4.41. The first-order valence-corrected chi connectivity index (χ1v) is 6.01. The molecule has 0 aromatic rings. The molecule has 2 aliphatic heterocycles. The number of carboxylic acid groups (broad SMARTS) is 2. The van der Waals surface area contributed by atoms with Gasteiger partial charge in [0.2, 0.25) is 0 Å². The topological polar surface area (TPSA) is 89.9 Å². The molecule has 0 aromatic heterocycles. The Hall–Kier alpha value is -1.14. The summed E-state index contributed by atoms with van der Waals surface area (Å²) in [5.41, 5.74) is 0. The van der Waals surface area contributed by atoms with Crippen LogP contribution in [-0.2, 0) is 9.59 Å². The zero-order valence-corrected chi connectivity index (χ0v) is 9.89. The molecule has 0 unspecified atom stereocenters. The van der Waals surface area contributed by atoms with Crippen LogP contribution in [0.2, 0.25) is 0 Å². The van der Waals surface area contributed by atoms with Crippen molar-refractivity contribution in [2.24, 2.45) is 0 Å². The van der Waals surface area contributed by atoms with Crippen molar-refractivity contribution >= 4 is 11.9 Å². The summed E-state index contributed by atoms with van der Waals surface area (Å²) in [4.78, 5) is 20.8. The molecule has 0 saturated carbocycles. The number of carboxylic acids is 2. The van der Waals surface area contributed by atoms with Crippen LogP contribution in [0, 0.1) is 0 Å². The van der Waals surface area contributed by atoms with E-state index in [9.17, 15) is 0 Å². The largest absolute Gasteiger partial charge is 0.473 e. The fraction of sp³-hybridized carbons (Fsp3) is 0.818. The Balaban J connectivity index is 0.000000209. The van der Waals surface area contributed by atoms with Gasteiger partial charge in [0.15, 0.2) is 0 Å². The molecular formula is C11H20N2O4. The van der Waals surface area contributed by atoms with Gasteiger partial charge in [-0.15, -0.1) is 0 Å². The Kier molecular flexibility index (Phi) is 5.93. The second-order valence-corrected chi connectivity index (χ2v) is 4.41. The monoisotopic (exact) mass is 244 g/mol. The summed E-state index contributed by atoms with van der Waals surface area (Å²) in [6.07, 6.45) is 5.63. The van der Waals surface area contributed by atoms with Crippen molar-refractivity contribution in [1.29, 1.82) is 0 Å². The van der Waals surface area contributed by atoms with Crippen LogP contribution in [0.1, 0.15) is 25.7 Å². The lowest BCUT2D eigenvalue weighted by Gasteiger charge is -2.19. The molecule has 0 amide bonds. The molecule has 0 bridgehead atoms. The smallest absolute Gasteiger partial charge is 0.414 e. The van der Waals surface area contributed by atoms with Crippen molar-refractivity contribution < 1.29 is 19.8 Å². The fourth-order valence-electron chi connectivity index (χ4n) is 2.19. The van der Waals surface area contributed by atoms with Crippen LogP contribution in [0.3, 0.4) is 0 Å². The van der Waals surface area contributed by atoms with Crippen molar-refractivity contribution in [3.05, 3.63) is 0 Å². The highest BCUT2D eigenvalue weighted by Gasteiger charge is 2.19. The summed E-state index contributed by atoms with van der Waals surface area (Å²) in [5.74, 6) is -3.65. The predicted molar refractivity (Wildman–Crippen MR) is 62.0 cm³/mol.